The number of nitrogens with zero attached hydrogens (tertiary/aromatic N) is 1. The fourth-order valence-corrected chi connectivity index (χ4v) is 1.72. The Morgan fingerprint density at radius 1 is 1.50 bits per heavy atom. The number of carbonyl (C=O) groups is 1. The minimum Gasteiger partial charge on any atom is -0.340 e. The van der Waals surface area contributed by atoms with E-state index in [2.05, 4.69) is 15.9 Å². The molecular formula is C11H16BrClN2O. The van der Waals surface area contributed by atoms with Crippen molar-refractivity contribution in [3.63, 3.8) is 0 Å². The molecule has 0 aliphatic rings. The Morgan fingerprint density at radius 3 is 2.56 bits per heavy atom. The molecule has 2 N–H and O–H groups in total. The third-order valence-electron chi connectivity index (χ3n) is 2.13. The summed E-state index contributed by atoms with van der Waals surface area (Å²) in [6.07, 6.45) is 0. The van der Waals surface area contributed by atoms with Gasteiger partial charge in [-0.15, -0.1) is 12.4 Å². The fourth-order valence-electron chi connectivity index (χ4n) is 1.31. The Hall–Kier alpha value is -0.580. The molecule has 0 bridgehead atoms. The molecule has 0 aromatic heterocycles. The van der Waals surface area contributed by atoms with E-state index in [4.69, 9.17) is 5.73 Å². The van der Waals surface area contributed by atoms with Crippen LogP contribution in [0.25, 0.3) is 0 Å². The van der Waals surface area contributed by atoms with Gasteiger partial charge in [-0.1, -0.05) is 34.1 Å². The number of carbonyl (C=O) groups excluding carboxylic acids is 1. The van der Waals surface area contributed by atoms with Gasteiger partial charge in [0.05, 0.1) is 6.04 Å². The molecule has 1 rings (SSSR count). The number of nitrogens with two attached hydrogens (primary N) is 1. The minimum atomic E-state index is -0.447. The van der Waals surface area contributed by atoms with Crippen LogP contribution in [-0.2, 0) is 11.3 Å². The van der Waals surface area contributed by atoms with E-state index in [9.17, 15) is 4.79 Å². The van der Waals surface area contributed by atoms with Crippen LogP contribution in [0.1, 0.15) is 12.5 Å². The molecule has 0 radical (unpaired) electrons. The molecular weight excluding hydrogens is 291 g/mol. The Kier molecular flexibility index (Phi) is 6.64. The van der Waals surface area contributed by atoms with Crippen molar-refractivity contribution in [3.8, 4) is 0 Å². The topological polar surface area (TPSA) is 46.3 Å². The standard InChI is InChI=1S/C11H15BrN2O.ClH/c1-8(13)11(15)14(2)7-9-5-3-4-6-10(9)12;/h3-6,8H,7,13H2,1-2H3;1H/t8-;/m1./s1. The van der Waals surface area contributed by atoms with Gasteiger partial charge in [-0.3, -0.25) is 4.79 Å². The van der Waals surface area contributed by atoms with Crippen molar-refractivity contribution in [3.05, 3.63) is 34.3 Å². The van der Waals surface area contributed by atoms with E-state index in [1.165, 1.54) is 0 Å². The number of benzene rings is 1. The van der Waals surface area contributed by atoms with E-state index in [0.29, 0.717) is 6.54 Å². The summed E-state index contributed by atoms with van der Waals surface area (Å²) in [5.74, 6) is -0.0502. The largest absolute Gasteiger partial charge is 0.340 e. The normalized spacial score (nSPS) is 11.5. The fraction of sp³-hybridized carbons (Fsp3) is 0.364. The molecule has 1 atom stereocenters. The van der Waals surface area contributed by atoms with Crippen molar-refractivity contribution in [1.29, 1.82) is 0 Å². The molecule has 90 valence electrons. The highest BCUT2D eigenvalue weighted by Gasteiger charge is 2.14. The molecule has 0 unspecified atom stereocenters. The number of rotatable bonds is 3. The lowest BCUT2D eigenvalue weighted by Crippen LogP contribution is -2.39. The molecule has 0 saturated carbocycles. The smallest absolute Gasteiger partial charge is 0.239 e. The molecule has 0 heterocycles. The number of halogens is 2. The molecule has 5 heteroatoms. The van der Waals surface area contributed by atoms with Crippen molar-refractivity contribution < 1.29 is 4.79 Å². The predicted molar refractivity (Wildman–Crippen MR) is 71.5 cm³/mol. The maximum absolute atomic E-state index is 11.5. The lowest BCUT2D eigenvalue weighted by Gasteiger charge is -2.19. The number of likely N-dealkylation sites (N-methyl/N-ethyl adjacent to an activating group) is 1. The van der Waals surface area contributed by atoms with Crippen LogP contribution in [0.4, 0.5) is 0 Å². The highest BCUT2D eigenvalue weighted by atomic mass is 79.9. The number of hydrogen-bond donors (Lipinski definition) is 1. The first-order valence-electron chi connectivity index (χ1n) is 4.76. The first-order chi connectivity index (χ1) is 7.02. The molecule has 3 nitrogen and oxygen atoms in total. The highest BCUT2D eigenvalue weighted by Crippen LogP contribution is 2.17. The van der Waals surface area contributed by atoms with Gasteiger partial charge < -0.3 is 10.6 Å². The summed E-state index contributed by atoms with van der Waals surface area (Å²) in [5.41, 5.74) is 6.60. The monoisotopic (exact) mass is 306 g/mol. The van der Waals surface area contributed by atoms with Gasteiger partial charge in [0.1, 0.15) is 0 Å². The van der Waals surface area contributed by atoms with Gasteiger partial charge in [-0.25, -0.2) is 0 Å². The van der Waals surface area contributed by atoms with Gasteiger partial charge >= 0.3 is 0 Å². The van der Waals surface area contributed by atoms with Crippen LogP contribution >= 0.6 is 28.3 Å². The van der Waals surface area contributed by atoms with Crippen molar-refractivity contribution in [2.45, 2.75) is 19.5 Å². The summed E-state index contributed by atoms with van der Waals surface area (Å²) >= 11 is 3.44. The van der Waals surface area contributed by atoms with Crippen LogP contribution in [0.15, 0.2) is 28.7 Å². The Morgan fingerprint density at radius 2 is 2.06 bits per heavy atom. The first kappa shape index (κ1) is 15.4. The first-order valence-corrected chi connectivity index (χ1v) is 5.55. The second-order valence-electron chi connectivity index (χ2n) is 3.57. The van der Waals surface area contributed by atoms with Crippen LogP contribution in [-0.4, -0.2) is 23.9 Å². The average Bonchev–Trinajstić information content (AvgIpc) is 2.20. The average molecular weight is 308 g/mol. The Balaban J connectivity index is 0.00000225. The van der Waals surface area contributed by atoms with Crippen LogP contribution < -0.4 is 5.73 Å². The highest BCUT2D eigenvalue weighted by molar-refractivity contribution is 9.10. The summed E-state index contributed by atoms with van der Waals surface area (Å²) in [6.45, 7) is 2.26. The molecule has 0 spiro atoms. The van der Waals surface area contributed by atoms with Crippen molar-refractivity contribution in [2.75, 3.05) is 7.05 Å². The van der Waals surface area contributed by atoms with E-state index >= 15 is 0 Å². The van der Waals surface area contributed by atoms with Crippen LogP contribution in [0.5, 0.6) is 0 Å². The maximum Gasteiger partial charge on any atom is 0.239 e. The van der Waals surface area contributed by atoms with Crippen LogP contribution in [0, 0.1) is 0 Å². The van der Waals surface area contributed by atoms with Crippen LogP contribution in [0.3, 0.4) is 0 Å². The Labute approximate surface area is 111 Å². The van der Waals surface area contributed by atoms with Crippen molar-refractivity contribution in [2.24, 2.45) is 5.73 Å². The lowest BCUT2D eigenvalue weighted by molar-refractivity contribution is -0.131. The van der Waals surface area contributed by atoms with E-state index in [-0.39, 0.29) is 18.3 Å². The van der Waals surface area contributed by atoms with Gasteiger partial charge in [0.25, 0.3) is 0 Å². The zero-order valence-corrected chi connectivity index (χ0v) is 11.7. The third kappa shape index (κ3) is 4.12. The minimum absolute atomic E-state index is 0. The van der Waals surface area contributed by atoms with Gasteiger partial charge in [0.2, 0.25) is 5.91 Å². The quantitative estimate of drug-likeness (QED) is 0.930. The molecule has 0 saturated heterocycles. The van der Waals surface area contributed by atoms with E-state index in [1.54, 1.807) is 18.9 Å². The van der Waals surface area contributed by atoms with Crippen molar-refractivity contribution >= 4 is 34.2 Å². The number of amides is 1. The SMILES string of the molecule is C[C@@H](N)C(=O)N(C)Cc1ccccc1Br.Cl. The summed E-state index contributed by atoms with van der Waals surface area (Å²) in [4.78, 5) is 13.2. The maximum atomic E-state index is 11.5. The predicted octanol–water partition coefficient (Wildman–Crippen LogP) is 2.18. The summed E-state index contributed by atoms with van der Waals surface area (Å²) < 4.78 is 1.01. The van der Waals surface area contributed by atoms with E-state index in [0.717, 1.165) is 10.0 Å². The molecule has 1 aromatic rings. The summed E-state index contributed by atoms with van der Waals surface area (Å²) in [5, 5.41) is 0. The lowest BCUT2D eigenvalue weighted by atomic mass is 10.2. The van der Waals surface area contributed by atoms with Crippen LogP contribution in [0.2, 0.25) is 0 Å². The van der Waals surface area contributed by atoms with Crippen molar-refractivity contribution in [1.82, 2.24) is 4.90 Å². The summed E-state index contributed by atoms with van der Waals surface area (Å²) in [6, 6.07) is 7.39. The second-order valence-corrected chi connectivity index (χ2v) is 4.43. The molecule has 1 amide bonds. The Bertz CT molecular complexity index is 358. The summed E-state index contributed by atoms with van der Waals surface area (Å²) in [7, 11) is 1.76. The molecule has 0 aliphatic heterocycles. The zero-order valence-electron chi connectivity index (χ0n) is 9.31. The molecule has 0 aliphatic carbocycles. The number of hydrogen-bond acceptors (Lipinski definition) is 2. The molecule has 0 fully saturated rings. The van der Waals surface area contributed by atoms with Gasteiger partial charge in [0.15, 0.2) is 0 Å². The van der Waals surface area contributed by atoms with Gasteiger partial charge in [-0.2, -0.15) is 0 Å². The molecule has 1 aromatic carbocycles. The van der Waals surface area contributed by atoms with Gasteiger partial charge in [-0.05, 0) is 18.6 Å². The zero-order chi connectivity index (χ0) is 11.4. The second kappa shape index (κ2) is 6.89. The molecule has 16 heavy (non-hydrogen) atoms. The third-order valence-corrected chi connectivity index (χ3v) is 2.90. The van der Waals surface area contributed by atoms with Gasteiger partial charge in [0, 0.05) is 18.1 Å². The van der Waals surface area contributed by atoms with E-state index < -0.39 is 6.04 Å². The van der Waals surface area contributed by atoms with E-state index in [1.807, 2.05) is 24.3 Å².